The summed E-state index contributed by atoms with van der Waals surface area (Å²) in [5, 5.41) is 10.5. The smallest absolute Gasteiger partial charge is 0.323 e. The van der Waals surface area contributed by atoms with Gasteiger partial charge in [0.15, 0.2) is 5.82 Å². The van der Waals surface area contributed by atoms with Crippen molar-refractivity contribution in [3.63, 3.8) is 0 Å². The summed E-state index contributed by atoms with van der Waals surface area (Å²) in [5.41, 5.74) is 0. The Hall–Kier alpha value is -2.48. The molecule has 8 nitrogen and oxygen atoms in total. The summed E-state index contributed by atoms with van der Waals surface area (Å²) in [4.78, 5) is 21.0. The number of rotatable bonds is 4. The van der Waals surface area contributed by atoms with Crippen LogP contribution < -0.4 is 5.32 Å². The number of carbonyl (C=O) groups is 1. The van der Waals surface area contributed by atoms with Gasteiger partial charge in [-0.2, -0.15) is 5.10 Å². The highest BCUT2D eigenvalue weighted by Crippen LogP contribution is 2.10. The van der Waals surface area contributed by atoms with E-state index in [1.165, 1.54) is 0 Å². The van der Waals surface area contributed by atoms with Crippen molar-refractivity contribution >= 4 is 11.8 Å². The zero-order valence-corrected chi connectivity index (χ0v) is 13.9. The molecule has 8 heteroatoms. The molecule has 1 N–H and O–H groups in total. The minimum absolute atomic E-state index is 0.118. The molecule has 0 bridgehead atoms. The van der Waals surface area contributed by atoms with Gasteiger partial charge in [-0.25, -0.2) is 9.78 Å². The number of nitrogens with zero attached hydrogens (tertiary/aromatic N) is 6. The minimum atomic E-state index is -0.118. The fourth-order valence-corrected chi connectivity index (χ4v) is 2.87. The van der Waals surface area contributed by atoms with Gasteiger partial charge >= 0.3 is 6.03 Å². The van der Waals surface area contributed by atoms with Crippen molar-refractivity contribution in [2.45, 2.75) is 26.4 Å². The molecule has 1 fully saturated rings. The van der Waals surface area contributed by atoms with Crippen molar-refractivity contribution in [2.75, 3.05) is 31.5 Å². The molecule has 2 aromatic rings. The lowest BCUT2D eigenvalue weighted by Gasteiger charge is -2.22. The van der Waals surface area contributed by atoms with E-state index in [1.807, 2.05) is 17.3 Å². The van der Waals surface area contributed by atoms with E-state index in [0.29, 0.717) is 12.4 Å². The van der Waals surface area contributed by atoms with Crippen LogP contribution in [0.3, 0.4) is 0 Å². The molecule has 1 aliphatic rings. The van der Waals surface area contributed by atoms with Crippen LogP contribution in [0.2, 0.25) is 0 Å². The van der Waals surface area contributed by atoms with Crippen LogP contribution in [0.4, 0.5) is 10.6 Å². The Balaban J connectivity index is 1.54. The highest BCUT2D eigenvalue weighted by molar-refractivity contribution is 5.88. The summed E-state index contributed by atoms with van der Waals surface area (Å²) < 4.78 is 2.16. The first-order valence-corrected chi connectivity index (χ1v) is 8.32. The van der Waals surface area contributed by atoms with E-state index in [-0.39, 0.29) is 6.03 Å². The monoisotopic (exact) mass is 329 g/mol. The number of anilines is 1. The van der Waals surface area contributed by atoms with Gasteiger partial charge in [-0.05, 0) is 25.5 Å². The molecular weight excluding hydrogens is 306 g/mol. The van der Waals surface area contributed by atoms with Crippen LogP contribution in [0.5, 0.6) is 0 Å². The van der Waals surface area contributed by atoms with E-state index in [1.54, 1.807) is 18.3 Å². The molecule has 2 amide bonds. The lowest BCUT2D eigenvalue weighted by atomic mass is 10.4. The average Bonchev–Trinajstić information content (AvgIpc) is 2.91. The van der Waals surface area contributed by atoms with Crippen LogP contribution in [-0.2, 0) is 13.1 Å². The summed E-state index contributed by atoms with van der Waals surface area (Å²) in [7, 11) is 0. The molecule has 1 aliphatic heterocycles. The van der Waals surface area contributed by atoms with Gasteiger partial charge in [0, 0.05) is 51.3 Å². The first-order chi connectivity index (χ1) is 11.8. The third-order valence-corrected chi connectivity index (χ3v) is 4.19. The Morgan fingerprint density at radius 2 is 2.17 bits per heavy atom. The first-order valence-electron chi connectivity index (χ1n) is 8.32. The number of carbonyl (C=O) groups excluding carboxylic acids is 1. The summed E-state index contributed by atoms with van der Waals surface area (Å²) in [6.45, 7) is 7.10. The molecule has 0 radical (unpaired) electrons. The minimum Gasteiger partial charge on any atom is -0.334 e. The van der Waals surface area contributed by atoms with E-state index in [9.17, 15) is 4.79 Å². The molecule has 1 saturated heterocycles. The number of aryl methyl sites for hydroxylation is 1. The molecule has 3 rings (SSSR count). The van der Waals surface area contributed by atoms with Crippen LogP contribution in [0.1, 0.15) is 19.2 Å². The molecule has 0 aliphatic carbocycles. The molecule has 24 heavy (non-hydrogen) atoms. The Kier molecular flexibility index (Phi) is 5.37. The van der Waals surface area contributed by atoms with Crippen molar-refractivity contribution < 1.29 is 4.79 Å². The predicted octanol–water partition coefficient (Wildman–Crippen LogP) is 1.43. The molecule has 2 aromatic heterocycles. The van der Waals surface area contributed by atoms with Crippen molar-refractivity contribution in [1.82, 2.24) is 29.5 Å². The van der Waals surface area contributed by atoms with Gasteiger partial charge in [-0.15, -0.1) is 5.10 Å². The third kappa shape index (κ3) is 4.08. The normalized spacial score (nSPS) is 16.0. The summed E-state index contributed by atoms with van der Waals surface area (Å²) >= 11 is 0. The lowest BCUT2D eigenvalue weighted by molar-refractivity contribution is 0.210. The number of hydrogen-bond donors (Lipinski definition) is 1. The van der Waals surface area contributed by atoms with E-state index in [0.717, 1.165) is 45.0 Å². The second-order valence-corrected chi connectivity index (χ2v) is 5.79. The van der Waals surface area contributed by atoms with Gasteiger partial charge < -0.3 is 9.47 Å². The molecule has 0 saturated carbocycles. The molecular formula is C16H23N7O. The number of urea groups is 1. The number of imidazole rings is 1. The SMILES string of the molecule is CCn1ccnc1CN1CCCN(C(=O)Nc2cccnn2)CC1. The highest BCUT2D eigenvalue weighted by atomic mass is 16.2. The molecule has 3 heterocycles. The van der Waals surface area contributed by atoms with Gasteiger partial charge in [0.25, 0.3) is 0 Å². The Morgan fingerprint density at radius 3 is 2.96 bits per heavy atom. The third-order valence-electron chi connectivity index (χ3n) is 4.19. The van der Waals surface area contributed by atoms with Crippen molar-refractivity contribution in [2.24, 2.45) is 0 Å². The fourth-order valence-electron chi connectivity index (χ4n) is 2.87. The molecule has 0 spiro atoms. The van der Waals surface area contributed by atoms with Gasteiger partial charge in [0.1, 0.15) is 5.82 Å². The van der Waals surface area contributed by atoms with Crippen LogP contribution in [-0.4, -0.2) is 61.8 Å². The zero-order valence-electron chi connectivity index (χ0n) is 13.9. The van der Waals surface area contributed by atoms with Gasteiger partial charge in [0.05, 0.1) is 6.54 Å². The predicted molar refractivity (Wildman–Crippen MR) is 90.4 cm³/mol. The number of hydrogen-bond acceptors (Lipinski definition) is 5. The highest BCUT2D eigenvalue weighted by Gasteiger charge is 2.20. The van der Waals surface area contributed by atoms with E-state index < -0.39 is 0 Å². The van der Waals surface area contributed by atoms with Crippen molar-refractivity contribution in [3.05, 3.63) is 36.5 Å². The van der Waals surface area contributed by atoms with Gasteiger partial charge in [0.2, 0.25) is 0 Å². The maximum Gasteiger partial charge on any atom is 0.323 e. The Bertz CT molecular complexity index is 657. The van der Waals surface area contributed by atoms with Crippen molar-refractivity contribution in [3.8, 4) is 0 Å². The maximum atomic E-state index is 12.4. The summed E-state index contributed by atoms with van der Waals surface area (Å²) in [5.74, 6) is 1.56. The molecule has 0 aromatic carbocycles. The fraction of sp³-hybridized carbons (Fsp3) is 0.500. The maximum absolute atomic E-state index is 12.4. The van der Waals surface area contributed by atoms with E-state index in [2.05, 4.69) is 36.9 Å². The van der Waals surface area contributed by atoms with Crippen molar-refractivity contribution in [1.29, 1.82) is 0 Å². The topological polar surface area (TPSA) is 79.2 Å². The summed E-state index contributed by atoms with van der Waals surface area (Å²) in [6, 6.07) is 3.37. The molecule has 128 valence electrons. The quantitative estimate of drug-likeness (QED) is 0.918. The van der Waals surface area contributed by atoms with Crippen LogP contribution in [0.15, 0.2) is 30.7 Å². The number of aromatic nitrogens is 4. The zero-order chi connectivity index (χ0) is 16.8. The average molecular weight is 329 g/mol. The second kappa shape index (κ2) is 7.87. The molecule has 0 atom stereocenters. The van der Waals surface area contributed by atoms with Gasteiger partial charge in [-0.3, -0.25) is 10.2 Å². The standard InChI is InChI=1S/C16H23N7O/c1-2-22-10-7-17-15(22)13-21-8-4-9-23(12-11-21)16(24)19-14-5-3-6-18-20-14/h3,5-7,10H,2,4,8-9,11-13H2,1H3,(H,19,20,24). The van der Waals surface area contributed by atoms with Gasteiger partial charge in [-0.1, -0.05) is 0 Å². The van der Waals surface area contributed by atoms with Crippen LogP contribution >= 0.6 is 0 Å². The van der Waals surface area contributed by atoms with E-state index >= 15 is 0 Å². The first kappa shape index (κ1) is 16.4. The lowest BCUT2D eigenvalue weighted by Crippen LogP contribution is -2.38. The summed E-state index contributed by atoms with van der Waals surface area (Å²) in [6.07, 6.45) is 6.38. The van der Waals surface area contributed by atoms with E-state index in [4.69, 9.17) is 0 Å². The number of amides is 2. The van der Waals surface area contributed by atoms with Crippen LogP contribution in [0, 0.1) is 0 Å². The number of nitrogens with one attached hydrogen (secondary N) is 1. The Morgan fingerprint density at radius 1 is 1.25 bits per heavy atom. The Labute approximate surface area is 141 Å². The van der Waals surface area contributed by atoms with Crippen LogP contribution in [0.25, 0.3) is 0 Å². The molecule has 0 unspecified atom stereocenters. The largest absolute Gasteiger partial charge is 0.334 e. The second-order valence-electron chi connectivity index (χ2n) is 5.79.